The summed E-state index contributed by atoms with van der Waals surface area (Å²) in [5.74, 6) is 0.841. The number of aryl methyl sites for hydroxylation is 1. The molecule has 0 spiro atoms. The maximum atomic E-state index is 6.44. The molecule has 1 aromatic carbocycles. The van der Waals surface area contributed by atoms with Crippen molar-refractivity contribution in [2.75, 3.05) is 7.11 Å². The Morgan fingerprint density at radius 1 is 1.32 bits per heavy atom. The topological polar surface area (TPSA) is 48.4 Å². The summed E-state index contributed by atoms with van der Waals surface area (Å²) >= 11 is 0. The summed E-state index contributed by atoms with van der Waals surface area (Å²) in [5.41, 5.74) is 8.28. The van der Waals surface area contributed by atoms with Crippen LogP contribution < -0.4 is 5.73 Å². The van der Waals surface area contributed by atoms with Crippen LogP contribution >= 0.6 is 0 Å². The Hall–Kier alpha value is -1.32. The summed E-state index contributed by atoms with van der Waals surface area (Å²) in [4.78, 5) is 0. The smallest absolute Gasteiger partial charge is 0.137 e. The Morgan fingerprint density at radius 3 is 2.68 bits per heavy atom. The first kappa shape index (κ1) is 12.7. The van der Waals surface area contributed by atoms with Gasteiger partial charge in [0.2, 0.25) is 0 Å². The van der Waals surface area contributed by atoms with Gasteiger partial charge in [-0.15, -0.1) is 0 Å². The molecule has 1 unspecified atom stereocenters. The van der Waals surface area contributed by atoms with Crippen LogP contribution in [0, 0.1) is 6.92 Å². The predicted molar refractivity (Wildman–Crippen MR) is 76.1 cm³/mol. The zero-order valence-electron chi connectivity index (χ0n) is 11.6. The summed E-state index contributed by atoms with van der Waals surface area (Å²) in [6.07, 6.45) is 4.39. The zero-order chi connectivity index (χ0) is 13.5. The predicted octanol–water partition coefficient (Wildman–Crippen LogP) is 3.70. The average Bonchev–Trinajstić information content (AvgIpc) is 3.06. The highest BCUT2D eigenvalue weighted by atomic mass is 16.5. The molecular weight excluding hydrogens is 238 g/mol. The molecule has 1 aliphatic rings. The van der Waals surface area contributed by atoms with E-state index in [4.69, 9.17) is 14.9 Å². The Labute approximate surface area is 113 Å². The first-order chi connectivity index (χ1) is 9.16. The van der Waals surface area contributed by atoms with E-state index in [0.29, 0.717) is 0 Å². The van der Waals surface area contributed by atoms with Crippen LogP contribution in [0.4, 0.5) is 0 Å². The van der Waals surface area contributed by atoms with Crippen molar-refractivity contribution in [2.24, 2.45) is 5.73 Å². The molecular formula is C16H21NO2. The molecule has 2 aromatic rings. The lowest BCUT2D eigenvalue weighted by molar-refractivity contribution is -0.0309. The van der Waals surface area contributed by atoms with Crippen LogP contribution in [0.2, 0.25) is 0 Å². The highest BCUT2D eigenvalue weighted by Gasteiger charge is 2.42. The Bertz CT molecular complexity index is 581. The molecule has 0 amide bonds. The van der Waals surface area contributed by atoms with Gasteiger partial charge in [0.1, 0.15) is 11.3 Å². The van der Waals surface area contributed by atoms with E-state index in [1.807, 2.05) is 6.07 Å². The minimum Gasteiger partial charge on any atom is -0.459 e. The number of fused-ring (bicyclic) bond motifs is 1. The van der Waals surface area contributed by atoms with Crippen molar-refractivity contribution in [2.45, 2.75) is 44.2 Å². The third kappa shape index (κ3) is 1.97. The standard InChI is InChI=1S/C16H21NO2/c1-11-6-5-7-12-10-13(19-14(11)12)15(17)16(18-2)8-3-4-9-16/h5-7,10,15H,3-4,8-9,17H2,1-2H3. The van der Waals surface area contributed by atoms with E-state index in [1.165, 1.54) is 12.8 Å². The van der Waals surface area contributed by atoms with E-state index in [0.717, 1.165) is 35.1 Å². The van der Waals surface area contributed by atoms with Crippen LogP contribution in [0.15, 0.2) is 28.7 Å². The number of hydrogen-bond acceptors (Lipinski definition) is 3. The van der Waals surface area contributed by atoms with Crippen molar-refractivity contribution < 1.29 is 9.15 Å². The van der Waals surface area contributed by atoms with E-state index in [-0.39, 0.29) is 11.6 Å². The molecule has 3 rings (SSSR count). The Balaban J connectivity index is 2.01. The number of benzene rings is 1. The van der Waals surface area contributed by atoms with E-state index in [2.05, 4.69) is 25.1 Å². The molecule has 102 valence electrons. The van der Waals surface area contributed by atoms with Gasteiger partial charge in [0, 0.05) is 12.5 Å². The summed E-state index contributed by atoms with van der Waals surface area (Å²) in [6.45, 7) is 2.06. The average molecular weight is 259 g/mol. The minimum absolute atomic E-state index is 0.188. The molecule has 3 nitrogen and oxygen atoms in total. The van der Waals surface area contributed by atoms with E-state index in [9.17, 15) is 0 Å². The third-order valence-electron chi connectivity index (χ3n) is 4.49. The largest absolute Gasteiger partial charge is 0.459 e. The van der Waals surface area contributed by atoms with Crippen molar-refractivity contribution in [1.82, 2.24) is 0 Å². The maximum absolute atomic E-state index is 6.44. The van der Waals surface area contributed by atoms with Crippen LogP contribution in [0.25, 0.3) is 11.0 Å². The number of ether oxygens (including phenoxy) is 1. The van der Waals surface area contributed by atoms with Crippen molar-refractivity contribution in [3.05, 3.63) is 35.6 Å². The highest BCUT2D eigenvalue weighted by molar-refractivity contribution is 5.81. The molecule has 3 heteroatoms. The maximum Gasteiger partial charge on any atom is 0.137 e. The molecule has 1 heterocycles. The number of methoxy groups -OCH3 is 1. The second kappa shape index (κ2) is 4.66. The zero-order valence-corrected chi connectivity index (χ0v) is 11.6. The van der Waals surface area contributed by atoms with Gasteiger partial charge in [0.25, 0.3) is 0 Å². The van der Waals surface area contributed by atoms with Gasteiger partial charge in [0.15, 0.2) is 0 Å². The molecule has 2 N–H and O–H groups in total. The van der Waals surface area contributed by atoms with Crippen LogP contribution in [0.1, 0.15) is 43.0 Å². The van der Waals surface area contributed by atoms with Gasteiger partial charge in [-0.05, 0) is 31.4 Å². The fraction of sp³-hybridized carbons (Fsp3) is 0.500. The lowest BCUT2D eigenvalue weighted by Gasteiger charge is -2.32. The fourth-order valence-corrected chi connectivity index (χ4v) is 3.26. The lowest BCUT2D eigenvalue weighted by atomic mass is 9.91. The Kier molecular flexibility index (Phi) is 3.11. The first-order valence-corrected chi connectivity index (χ1v) is 6.96. The SMILES string of the molecule is COC1(C(N)c2cc3cccc(C)c3o2)CCCC1. The summed E-state index contributed by atoms with van der Waals surface area (Å²) < 4.78 is 11.8. The normalized spacial score (nSPS) is 19.9. The molecule has 1 atom stereocenters. The van der Waals surface area contributed by atoms with Crippen LogP contribution in [-0.4, -0.2) is 12.7 Å². The third-order valence-corrected chi connectivity index (χ3v) is 4.49. The number of nitrogens with two attached hydrogens (primary N) is 1. The highest BCUT2D eigenvalue weighted by Crippen LogP contribution is 2.42. The minimum atomic E-state index is -0.248. The monoisotopic (exact) mass is 259 g/mol. The molecule has 0 aliphatic heterocycles. The molecule has 0 saturated heterocycles. The molecule has 0 bridgehead atoms. The van der Waals surface area contributed by atoms with Gasteiger partial charge in [-0.2, -0.15) is 0 Å². The van der Waals surface area contributed by atoms with Gasteiger partial charge in [-0.1, -0.05) is 31.0 Å². The number of para-hydroxylation sites is 1. The van der Waals surface area contributed by atoms with E-state index < -0.39 is 0 Å². The van der Waals surface area contributed by atoms with Gasteiger partial charge < -0.3 is 14.9 Å². The van der Waals surface area contributed by atoms with Gasteiger partial charge >= 0.3 is 0 Å². The first-order valence-electron chi connectivity index (χ1n) is 6.96. The molecule has 1 aliphatic carbocycles. The second-order valence-electron chi connectivity index (χ2n) is 5.60. The van der Waals surface area contributed by atoms with Crippen molar-refractivity contribution >= 4 is 11.0 Å². The molecule has 1 saturated carbocycles. The molecule has 19 heavy (non-hydrogen) atoms. The summed E-state index contributed by atoms with van der Waals surface area (Å²) in [7, 11) is 1.76. The summed E-state index contributed by atoms with van der Waals surface area (Å²) in [5, 5.41) is 1.12. The number of rotatable bonds is 3. The van der Waals surface area contributed by atoms with E-state index >= 15 is 0 Å². The quantitative estimate of drug-likeness (QED) is 0.914. The van der Waals surface area contributed by atoms with Gasteiger partial charge in [-0.3, -0.25) is 0 Å². The molecule has 1 fully saturated rings. The van der Waals surface area contributed by atoms with Crippen molar-refractivity contribution in [3.63, 3.8) is 0 Å². The fourth-order valence-electron chi connectivity index (χ4n) is 3.26. The van der Waals surface area contributed by atoms with Crippen LogP contribution in [-0.2, 0) is 4.74 Å². The van der Waals surface area contributed by atoms with Gasteiger partial charge in [-0.25, -0.2) is 0 Å². The second-order valence-corrected chi connectivity index (χ2v) is 5.60. The number of furan rings is 1. The van der Waals surface area contributed by atoms with Gasteiger partial charge in [0.05, 0.1) is 11.6 Å². The molecule has 1 aromatic heterocycles. The van der Waals surface area contributed by atoms with E-state index in [1.54, 1.807) is 7.11 Å². The van der Waals surface area contributed by atoms with Crippen molar-refractivity contribution in [1.29, 1.82) is 0 Å². The van der Waals surface area contributed by atoms with Crippen LogP contribution in [0.5, 0.6) is 0 Å². The number of hydrogen-bond donors (Lipinski definition) is 1. The van der Waals surface area contributed by atoms with Crippen molar-refractivity contribution in [3.8, 4) is 0 Å². The van der Waals surface area contributed by atoms with Crippen LogP contribution in [0.3, 0.4) is 0 Å². The Morgan fingerprint density at radius 2 is 2.05 bits per heavy atom. The summed E-state index contributed by atoms with van der Waals surface area (Å²) in [6, 6.07) is 8.04. The lowest BCUT2D eigenvalue weighted by Crippen LogP contribution is -2.40. The molecule has 0 radical (unpaired) electrons.